The summed E-state index contributed by atoms with van der Waals surface area (Å²) in [6, 6.07) is 7.62. The molecule has 2 atom stereocenters. The molecule has 3 heteroatoms. The molecule has 3 rings (SSSR count). The summed E-state index contributed by atoms with van der Waals surface area (Å²) < 4.78 is 12.9. The van der Waals surface area contributed by atoms with Crippen LogP contribution in [0.25, 0.3) is 0 Å². The van der Waals surface area contributed by atoms with Crippen molar-refractivity contribution in [2.24, 2.45) is 5.92 Å². The molecule has 2 aliphatic rings. The zero-order chi connectivity index (χ0) is 11.8. The number of hydrogen-bond donors (Lipinski definition) is 0. The summed E-state index contributed by atoms with van der Waals surface area (Å²) in [4.78, 5) is 4.90. The molecule has 2 aliphatic heterocycles. The maximum Gasteiger partial charge on any atom is 0.123 e. The van der Waals surface area contributed by atoms with Gasteiger partial charge < -0.3 is 9.80 Å². The first-order valence-electron chi connectivity index (χ1n) is 6.45. The fourth-order valence-corrected chi connectivity index (χ4v) is 3.32. The van der Waals surface area contributed by atoms with Gasteiger partial charge in [0.05, 0.1) is 0 Å². The van der Waals surface area contributed by atoms with Crippen LogP contribution in [0.2, 0.25) is 0 Å². The number of piperidine rings is 1. The molecule has 0 N–H and O–H groups in total. The van der Waals surface area contributed by atoms with E-state index in [1.807, 2.05) is 12.1 Å². The molecule has 0 bridgehead atoms. The Morgan fingerprint density at radius 2 is 1.88 bits per heavy atom. The van der Waals surface area contributed by atoms with E-state index in [-0.39, 0.29) is 5.82 Å². The highest BCUT2D eigenvalue weighted by atomic mass is 19.1. The molecule has 0 aliphatic carbocycles. The molecule has 2 fully saturated rings. The summed E-state index contributed by atoms with van der Waals surface area (Å²) in [6.07, 6.45) is 2.50. The monoisotopic (exact) mass is 234 g/mol. The second-order valence-corrected chi connectivity index (χ2v) is 5.34. The summed E-state index contributed by atoms with van der Waals surface area (Å²) in [6.45, 7) is 3.51. The normalized spacial score (nSPS) is 29.4. The first-order valence-corrected chi connectivity index (χ1v) is 6.45. The molecular formula is C14H19FN2. The van der Waals surface area contributed by atoms with Gasteiger partial charge in [0, 0.05) is 24.8 Å². The highest BCUT2D eigenvalue weighted by Crippen LogP contribution is 2.34. The average Bonchev–Trinajstić information content (AvgIpc) is 2.73. The number of rotatable bonds is 1. The van der Waals surface area contributed by atoms with Crippen molar-refractivity contribution in [3.05, 3.63) is 30.1 Å². The van der Waals surface area contributed by atoms with Crippen LogP contribution in [0.4, 0.5) is 10.1 Å². The van der Waals surface area contributed by atoms with E-state index >= 15 is 0 Å². The van der Waals surface area contributed by atoms with Crippen molar-refractivity contribution in [3.8, 4) is 0 Å². The van der Waals surface area contributed by atoms with Crippen LogP contribution in [-0.4, -0.2) is 37.6 Å². The van der Waals surface area contributed by atoms with E-state index in [0.717, 1.165) is 12.5 Å². The van der Waals surface area contributed by atoms with Crippen LogP contribution in [0.5, 0.6) is 0 Å². The number of anilines is 1. The fraction of sp³-hybridized carbons (Fsp3) is 0.571. The van der Waals surface area contributed by atoms with Crippen LogP contribution in [0.3, 0.4) is 0 Å². The van der Waals surface area contributed by atoms with Gasteiger partial charge in [-0.2, -0.15) is 0 Å². The van der Waals surface area contributed by atoms with Gasteiger partial charge in [-0.25, -0.2) is 4.39 Å². The Hall–Kier alpha value is -1.09. The van der Waals surface area contributed by atoms with Crippen molar-refractivity contribution in [3.63, 3.8) is 0 Å². The molecule has 17 heavy (non-hydrogen) atoms. The molecule has 0 spiro atoms. The standard InChI is InChI=1S/C14H19FN2/c1-16-8-7-14-11(10-16)6-9-17(14)13-4-2-12(15)3-5-13/h2-5,11,14H,6-10H2,1H3/t11-,14+/m1/s1. The quantitative estimate of drug-likeness (QED) is 0.736. The molecule has 2 heterocycles. The molecule has 2 saturated heterocycles. The average molecular weight is 234 g/mol. The van der Waals surface area contributed by atoms with Crippen LogP contribution in [-0.2, 0) is 0 Å². The predicted molar refractivity (Wildman–Crippen MR) is 67.8 cm³/mol. The molecule has 0 radical (unpaired) electrons. The molecule has 0 aromatic heterocycles. The summed E-state index contributed by atoms with van der Waals surface area (Å²) in [5, 5.41) is 0. The van der Waals surface area contributed by atoms with Gasteiger partial charge in [0.1, 0.15) is 5.82 Å². The predicted octanol–water partition coefficient (Wildman–Crippen LogP) is 2.36. The van der Waals surface area contributed by atoms with Crippen molar-refractivity contribution in [1.82, 2.24) is 4.90 Å². The first-order chi connectivity index (χ1) is 8.24. The molecule has 0 amide bonds. The van der Waals surface area contributed by atoms with E-state index in [4.69, 9.17) is 0 Å². The summed E-state index contributed by atoms with van der Waals surface area (Å²) in [5.74, 6) is 0.645. The summed E-state index contributed by atoms with van der Waals surface area (Å²) in [5.41, 5.74) is 1.18. The van der Waals surface area contributed by atoms with Crippen LogP contribution < -0.4 is 4.90 Å². The van der Waals surface area contributed by atoms with Crippen molar-refractivity contribution < 1.29 is 4.39 Å². The minimum atomic E-state index is -0.145. The smallest absolute Gasteiger partial charge is 0.123 e. The van der Waals surface area contributed by atoms with Crippen molar-refractivity contribution in [1.29, 1.82) is 0 Å². The van der Waals surface area contributed by atoms with E-state index in [1.54, 1.807) is 12.1 Å². The maximum atomic E-state index is 12.9. The highest BCUT2D eigenvalue weighted by Gasteiger charge is 2.37. The Bertz CT molecular complexity index is 390. The molecule has 0 saturated carbocycles. The lowest BCUT2D eigenvalue weighted by Gasteiger charge is -2.37. The van der Waals surface area contributed by atoms with Gasteiger partial charge in [-0.05, 0) is 56.6 Å². The fourth-order valence-electron chi connectivity index (χ4n) is 3.32. The van der Waals surface area contributed by atoms with Gasteiger partial charge >= 0.3 is 0 Å². The number of benzene rings is 1. The Labute approximate surface area is 102 Å². The van der Waals surface area contributed by atoms with Gasteiger partial charge in [0.2, 0.25) is 0 Å². The van der Waals surface area contributed by atoms with Crippen molar-refractivity contribution in [2.75, 3.05) is 31.6 Å². The van der Waals surface area contributed by atoms with E-state index in [1.165, 1.54) is 31.6 Å². The number of likely N-dealkylation sites (tertiary alicyclic amines) is 1. The van der Waals surface area contributed by atoms with Gasteiger partial charge in [-0.1, -0.05) is 0 Å². The number of halogens is 1. The lowest BCUT2D eigenvalue weighted by molar-refractivity contribution is 0.202. The van der Waals surface area contributed by atoms with E-state index in [2.05, 4.69) is 16.8 Å². The van der Waals surface area contributed by atoms with Crippen LogP contribution in [0.1, 0.15) is 12.8 Å². The van der Waals surface area contributed by atoms with Gasteiger partial charge in [-0.3, -0.25) is 0 Å². The van der Waals surface area contributed by atoms with Crippen LogP contribution in [0.15, 0.2) is 24.3 Å². The number of hydrogen-bond acceptors (Lipinski definition) is 2. The Balaban J connectivity index is 1.79. The first kappa shape index (κ1) is 11.0. The highest BCUT2D eigenvalue weighted by molar-refractivity contribution is 5.48. The largest absolute Gasteiger partial charge is 0.368 e. The van der Waals surface area contributed by atoms with Gasteiger partial charge in [0.15, 0.2) is 0 Å². The van der Waals surface area contributed by atoms with E-state index in [0.29, 0.717) is 6.04 Å². The zero-order valence-corrected chi connectivity index (χ0v) is 10.3. The lowest BCUT2D eigenvalue weighted by atomic mass is 9.93. The summed E-state index contributed by atoms with van der Waals surface area (Å²) >= 11 is 0. The Morgan fingerprint density at radius 3 is 2.65 bits per heavy atom. The topological polar surface area (TPSA) is 6.48 Å². The Kier molecular flexibility index (Phi) is 2.79. The zero-order valence-electron chi connectivity index (χ0n) is 10.3. The number of nitrogens with zero attached hydrogens (tertiary/aromatic N) is 2. The number of fused-ring (bicyclic) bond motifs is 1. The minimum Gasteiger partial charge on any atom is -0.368 e. The molecule has 1 aromatic carbocycles. The third-order valence-corrected chi connectivity index (χ3v) is 4.20. The maximum absolute atomic E-state index is 12.9. The lowest BCUT2D eigenvalue weighted by Crippen LogP contribution is -2.44. The third-order valence-electron chi connectivity index (χ3n) is 4.20. The van der Waals surface area contributed by atoms with Gasteiger partial charge in [-0.15, -0.1) is 0 Å². The van der Waals surface area contributed by atoms with Crippen molar-refractivity contribution >= 4 is 5.69 Å². The molecule has 92 valence electrons. The summed E-state index contributed by atoms with van der Waals surface area (Å²) in [7, 11) is 2.21. The van der Waals surface area contributed by atoms with Crippen LogP contribution in [0, 0.1) is 11.7 Å². The Morgan fingerprint density at radius 1 is 1.12 bits per heavy atom. The molecule has 1 aromatic rings. The van der Waals surface area contributed by atoms with Gasteiger partial charge in [0.25, 0.3) is 0 Å². The van der Waals surface area contributed by atoms with Crippen LogP contribution >= 0.6 is 0 Å². The molecule has 0 unspecified atom stereocenters. The van der Waals surface area contributed by atoms with Crippen molar-refractivity contribution in [2.45, 2.75) is 18.9 Å². The van der Waals surface area contributed by atoms with E-state index < -0.39 is 0 Å². The van der Waals surface area contributed by atoms with E-state index in [9.17, 15) is 4.39 Å². The third kappa shape index (κ3) is 2.04. The molecular weight excluding hydrogens is 215 g/mol. The SMILES string of the molecule is CN1CC[C@H]2[C@H](CCN2c2ccc(F)cc2)C1. The second kappa shape index (κ2) is 4.30. The second-order valence-electron chi connectivity index (χ2n) is 5.34. The molecule has 2 nitrogen and oxygen atoms in total. The minimum absolute atomic E-state index is 0.145.